The zero-order valence-corrected chi connectivity index (χ0v) is 12.7. The van der Waals surface area contributed by atoms with E-state index < -0.39 is 10.0 Å². The minimum absolute atomic E-state index is 0.242. The van der Waals surface area contributed by atoms with Crippen molar-refractivity contribution in [2.24, 2.45) is 0 Å². The molecule has 0 saturated heterocycles. The highest BCUT2D eigenvalue weighted by molar-refractivity contribution is 7.89. The van der Waals surface area contributed by atoms with Crippen molar-refractivity contribution in [1.82, 2.24) is 14.9 Å². The second-order valence-electron chi connectivity index (χ2n) is 4.73. The summed E-state index contributed by atoms with van der Waals surface area (Å²) in [6.07, 6.45) is 0.890. The lowest BCUT2D eigenvalue weighted by atomic mass is 10.2. The molecule has 5 nitrogen and oxygen atoms in total. The largest absolute Gasteiger partial charge is 0.282 e. The SMILES string of the molecule is CCc1ccc(S(=O)(=O)NCc2c(C)n[nH]c2C)cc1. The number of H-pyrrole nitrogens is 1. The van der Waals surface area contributed by atoms with Crippen molar-refractivity contribution in [2.45, 2.75) is 38.6 Å². The molecule has 6 heteroatoms. The van der Waals surface area contributed by atoms with Crippen molar-refractivity contribution < 1.29 is 8.42 Å². The summed E-state index contributed by atoms with van der Waals surface area (Å²) in [7, 11) is -3.49. The van der Waals surface area contributed by atoms with Crippen molar-refractivity contribution in [3.63, 3.8) is 0 Å². The second-order valence-corrected chi connectivity index (χ2v) is 6.50. The lowest BCUT2D eigenvalue weighted by molar-refractivity contribution is 0.581. The molecule has 0 unspecified atom stereocenters. The Morgan fingerprint density at radius 1 is 1.20 bits per heavy atom. The van der Waals surface area contributed by atoms with Gasteiger partial charge < -0.3 is 0 Å². The first kappa shape index (κ1) is 14.7. The molecule has 0 aliphatic rings. The molecule has 0 radical (unpaired) electrons. The third kappa shape index (κ3) is 3.08. The van der Waals surface area contributed by atoms with Gasteiger partial charge in [-0.2, -0.15) is 5.10 Å². The zero-order valence-electron chi connectivity index (χ0n) is 11.9. The molecule has 0 bridgehead atoms. The average Bonchev–Trinajstić information content (AvgIpc) is 2.76. The number of hydrogen-bond acceptors (Lipinski definition) is 3. The Bertz CT molecular complexity index is 668. The molecular weight excluding hydrogens is 274 g/mol. The van der Waals surface area contributed by atoms with Gasteiger partial charge in [-0.25, -0.2) is 13.1 Å². The van der Waals surface area contributed by atoms with Gasteiger partial charge in [0.15, 0.2) is 0 Å². The fraction of sp³-hybridized carbons (Fsp3) is 0.357. The van der Waals surface area contributed by atoms with Crippen LogP contribution < -0.4 is 4.72 Å². The quantitative estimate of drug-likeness (QED) is 0.886. The Morgan fingerprint density at radius 2 is 1.85 bits per heavy atom. The fourth-order valence-electron chi connectivity index (χ4n) is 1.99. The maximum Gasteiger partial charge on any atom is 0.240 e. The van der Waals surface area contributed by atoms with E-state index in [2.05, 4.69) is 14.9 Å². The molecule has 1 aromatic carbocycles. The van der Waals surface area contributed by atoms with Crippen LogP contribution in [0.3, 0.4) is 0 Å². The minimum atomic E-state index is -3.49. The van der Waals surface area contributed by atoms with Crippen LogP contribution >= 0.6 is 0 Å². The van der Waals surface area contributed by atoms with Gasteiger partial charge in [0.25, 0.3) is 0 Å². The number of rotatable bonds is 5. The third-order valence-electron chi connectivity index (χ3n) is 3.36. The van der Waals surface area contributed by atoms with Crippen LogP contribution in [-0.2, 0) is 23.0 Å². The number of nitrogens with one attached hydrogen (secondary N) is 2. The van der Waals surface area contributed by atoms with Crippen molar-refractivity contribution in [3.05, 3.63) is 46.8 Å². The van der Waals surface area contributed by atoms with Crippen LogP contribution in [0, 0.1) is 13.8 Å². The number of benzene rings is 1. The molecule has 0 spiro atoms. The number of aromatic nitrogens is 2. The van der Waals surface area contributed by atoms with Gasteiger partial charge in [-0.05, 0) is 38.0 Å². The molecule has 2 N–H and O–H groups in total. The number of nitrogens with zero attached hydrogens (tertiary/aromatic N) is 1. The monoisotopic (exact) mass is 293 g/mol. The summed E-state index contributed by atoms with van der Waals surface area (Å²) in [6, 6.07) is 6.94. The van der Waals surface area contributed by atoms with Crippen LogP contribution in [0.5, 0.6) is 0 Å². The van der Waals surface area contributed by atoms with E-state index in [1.54, 1.807) is 12.1 Å². The Kier molecular flexibility index (Phi) is 4.25. The van der Waals surface area contributed by atoms with E-state index in [0.29, 0.717) is 0 Å². The van der Waals surface area contributed by atoms with E-state index >= 15 is 0 Å². The van der Waals surface area contributed by atoms with Crippen LogP contribution in [0.2, 0.25) is 0 Å². The molecule has 1 heterocycles. The first-order valence-electron chi connectivity index (χ1n) is 6.53. The molecule has 20 heavy (non-hydrogen) atoms. The summed E-state index contributed by atoms with van der Waals surface area (Å²) in [6.45, 7) is 6.00. The van der Waals surface area contributed by atoms with E-state index in [0.717, 1.165) is 28.9 Å². The summed E-state index contributed by atoms with van der Waals surface area (Å²) in [4.78, 5) is 0.286. The van der Waals surface area contributed by atoms with Gasteiger partial charge in [0.05, 0.1) is 10.6 Å². The van der Waals surface area contributed by atoms with Crippen LogP contribution in [-0.4, -0.2) is 18.6 Å². The van der Waals surface area contributed by atoms with Crippen LogP contribution in [0.1, 0.15) is 29.4 Å². The Morgan fingerprint density at radius 3 is 2.35 bits per heavy atom. The normalized spacial score (nSPS) is 11.8. The molecule has 2 rings (SSSR count). The zero-order chi connectivity index (χ0) is 14.8. The predicted octanol–water partition coefficient (Wildman–Crippen LogP) is 2.07. The van der Waals surface area contributed by atoms with Gasteiger partial charge in [-0.1, -0.05) is 19.1 Å². The van der Waals surface area contributed by atoms with Crippen LogP contribution in [0.25, 0.3) is 0 Å². The molecular formula is C14H19N3O2S. The Hall–Kier alpha value is -1.66. The molecule has 2 aromatic rings. The number of aromatic amines is 1. The Balaban J connectivity index is 2.15. The Labute approximate surface area is 119 Å². The number of hydrogen-bond donors (Lipinski definition) is 2. The smallest absolute Gasteiger partial charge is 0.240 e. The van der Waals surface area contributed by atoms with E-state index in [4.69, 9.17) is 0 Å². The highest BCUT2D eigenvalue weighted by Gasteiger charge is 2.15. The van der Waals surface area contributed by atoms with E-state index in [9.17, 15) is 8.42 Å². The third-order valence-corrected chi connectivity index (χ3v) is 4.78. The first-order chi connectivity index (χ1) is 9.44. The van der Waals surface area contributed by atoms with Gasteiger partial charge in [-0.3, -0.25) is 5.10 Å². The predicted molar refractivity (Wildman–Crippen MR) is 77.9 cm³/mol. The van der Waals surface area contributed by atoms with Crippen molar-refractivity contribution >= 4 is 10.0 Å². The number of sulfonamides is 1. The maximum absolute atomic E-state index is 12.2. The topological polar surface area (TPSA) is 74.8 Å². The molecule has 0 aliphatic carbocycles. The molecule has 0 amide bonds. The van der Waals surface area contributed by atoms with Gasteiger partial charge in [0, 0.05) is 17.8 Å². The van der Waals surface area contributed by atoms with Crippen molar-refractivity contribution in [1.29, 1.82) is 0 Å². The van der Waals surface area contributed by atoms with Crippen molar-refractivity contribution in [3.8, 4) is 0 Å². The molecule has 0 fully saturated rings. The lowest BCUT2D eigenvalue weighted by Gasteiger charge is -2.07. The average molecular weight is 293 g/mol. The first-order valence-corrected chi connectivity index (χ1v) is 8.01. The maximum atomic E-state index is 12.2. The molecule has 0 atom stereocenters. The fourth-order valence-corrected chi connectivity index (χ4v) is 2.98. The summed E-state index contributed by atoms with van der Waals surface area (Å²) >= 11 is 0. The van der Waals surface area contributed by atoms with Crippen LogP contribution in [0.15, 0.2) is 29.2 Å². The van der Waals surface area contributed by atoms with Gasteiger partial charge >= 0.3 is 0 Å². The van der Waals surface area contributed by atoms with Crippen molar-refractivity contribution in [2.75, 3.05) is 0 Å². The molecule has 108 valence electrons. The number of aryl methyl sites for hydroxylation is 3. The molecule has 0 aliphatic heterocycles. The van der Waals surface area contributed by atoms with Crippen LogP contribution in [0.4, 0.5) is 0 Å². The van der Waals surface area contributed by atoms with Gasteiger partial charge in [-0.15, -0.1) is 0 Å². The van der Waals surface area contributed by atoms with E-state index in [-0.39, 0.29) is 11.4 Å². The minimum Gasteiger partial charge on any atom is -0.282 e. The molecule has 0 saturated carbocycles. The standard InChI is InChI=1S/C14H19N3O2S/c1-4-12-5-7-13(8-6-12)20(18,19)15-9-14-10(2)16-17-11(14)3/h5-8,15H,4,9H2,1-3H3,(H,16,17). The van der Waals surface area contributed by atoms with Gasteiger partial charge in [0.1, 0.15) is 0 Å². The highest BCUT2D eigenvalue weighted by Crippen LogP contribution is 2.13. The van der Waals surface area contributed by atoms with E-state index in [1.165, 1.54) is 0 Å². The molecule has 1 aromatic heterocycles. The van der Waals surface area contributed by atoms with E-state index in [1.807, 2.05) is 32.9 Å². The summed E-state index contributed by atoms with van der Waals surface area (Å²) < 4.78 is 27.0. The second kappa shape index (κ2) is 5.76. The summed E-state index contributed by atoms with van der Waals surface area (Å²) in [5, 5.41) is 6.90. The summed E-state index contributed by atoms with van der Waals surface area (Å²) in [5.41, 5.74) is 3.70. The van der Waals surface area contributed by atoms with Gasteiger partial charge in [0.2, 0.25) is 10.0 Å². The lowest BCUT2D eigenvalue weighted by Crippen LogP contribution is -2.23. The summed E-state index contributed by atoms with van der Waals surface area (Å²) in [5.74, 6) is 0. The highest BCUT2D eigenvalue weighted by atomic mass is 32.2.